The van der Waals surface area contributed by atoms with E-state index in [-0.39, 0.29) is 24.3 Å². The van der Waals surface area contributed by atoms with Gasteiger partial charge in [0.05, 0.1) is 12.2 Å². The lowest BCUT2D eigenvalue weighted by Gasteiger charge is -2.36. The van der Waals surface area contributed by atoms with Gasteiger partial charge in [-0.2, -0.15) is 0 Å². The van der Waals surface area contributed by atoms with E-state index in [1.54, 1.807) is 4.90 Å². The summed E-state index contributed by atoms with van der Waals surface area (Å²) in [7, 11) is 0. The van der Waals surface area contributed by atoms with E-state index in [1.807, 2.05) is 61.2 Å². The standard InChI is InChI=1S/C25H35N5O2/c1-5-20(4)17-30(25(32)19(2)3)18-24(31)29-15-13-28(14-16-29)23-12-11-22(26-27-23)21-9-7-6-8-10-21/h6-12,19-20H,5,13-18H2,1-4H3/t20-/m0/s1. The molecule has 1 aliphatic rings. The molecule has 0 N–H and O–H groups in total. The minimum atomic E-state index is -0.110. The van der Waals surface area contributed by atoms with Crippen molar-refractivity contribution in [3.05, 3.63) is 42.5 Å². The predicted molar refractivity (Wildman–Crippen MR) is 127 cm³/mol. The summed E-state index contributed by atoms with van der Waals surface area (Å²) in [6.07, 6.45) is 0.985. The molecule has 3 rings (SSSR count). The van der Waals surface area contributed by atoms with Crippen molar-refractivity contribution in [1.82, 2.24) is 20.0 Å². The van der Waals surface area contributed by atoms with Gasteiger partial charge in [-0.25, -0.2) is 0 Å². The molecule has 0 bridgehead atoms. The fraction of sp³-hybridized carbons (Fsp3) is 0.520. The quantitative estimate of drug-likeness (QED) is 0.634. The summed E-state index contributed by atoms with van der Waals surface area (Å²) in [5.41, 5.74) is 1.89. The second-order valence-corrected chi connectivity index (χ2v) is 8.90. The van der Waals surface area contributed by atoms with Crippen LogP contribution in [0, 0.1) is 11.8 Å². The first-order chi connectivity index (χ1) is 15.4. The lowest BCUT2D eigenvalue weighted by Crippen LogP contribution is -2.52. The fourth-order valence-electron chi connectivity index (χ4n) is 3.81. The molecule has 1 aromatic heterocycles. The van der Waals surface area contributed by atoms with Crippen molar-refractivity contribution in [2.75, 3.05) is 44.2 Å². The third-order valence-corrected chi connectivity index (χ3v) is 6.04. The Morgan fingerprint density at radius 1 is 0.969 bits per heavy atom. The molecule has 0 saturated carbocycles. The van der Waals surface area contributed by atoms with Gasteiger partial charge in [-0.3, -0.25) is 9.59 Å². The zero-order chi connectivity index (χ0) is 23.1. The maximum Gasteiger partial charge on any atom is 0.242 e. The summed E-state index contributed by atoms with van der Waals surface area (Å²) >= 11 is 0. The molecule has 0 aliphatic carbocycles. The van der Waals surface area contributed by atoms with Gasteiger partial charge in [0.25, 0.3) is 0 Å². The first-order valence-corrected chi connectivity index (χ1v) is 11.6. The highest BCUT2D eigenvalue weighted by Crippen LogP contribution is 2.19. The number of nitrogens with zero attached hydrogens (tertiary/aromatic N) is 5. The van der Waals surface area contributed by atoms with Crippen molar-refractivity contribution in [3.63, 3.8) is 0 Å². The number of carbonyl (C=O) groups is 2. The van der Waals surface area contributed by atoms with Crippen LogP contribution < -0.4 is 4.90 Å². The Kier molecular flexibility index (Phi) is 8.20. The summed E-state index contributed by atoms with van der Waals surface area (Å²) < 4.78 is 0. The van der Waals surface area contributed by atoms with Crippen molar-refractivity contribution < 1.29 is 9.59 Å². The molecule has 1 saturated heterocycles. The molecule has 7 nitrogen and oxygen atoms in total. The van der Waals surface area contributed by atoms with Crippen molar-refractivity contribution in [2.24, 2.45) is 11.8 Å². The molecule has 32 heavy (non-hydrogen) atoms. The summed E-state index contributed by atoms with van der Waals surface area (Å²) in [6, 6.07) is 14.0. The Bertz CT molecular complexity index is 877. The second-order valence-electron chi connectivity index (χ2n) is 8.90. The fourth-order valence-corrected chi connectivity index (χ4v) is 3.81. The first kappa shape index (κ1) is 23.7. The Hall–Kier alpha value is -2.96. The van der Waals surface area contributed by atoms with Crippen molar-refractivity contribution >= 4 is 17.6 Å². The van der Waals surface area contributed by atoms with Gasteiger partial charge in [-0.1, -0.05) is 64.4 Å². The van der Waals surface area contributed by atoms with Crippen LogP contribution >= 0.6 is 0 Å². The average molecular weight is 438 g/mol. The highest BCUT2D eigenvalue weighted by molar-refractivity contribution is 5.85. The van der Waals surface area contributed by atoms with Crippen LogP contribution in [-0.2, 0) is 9.59 Å². The molecular weight excluding hydrogens is 402 g/mol. The van der Waals surface area contributed by atoms with E-state index in [1.165, 1.54) is 0 Å². The summed E-state index contributed by atoms with van der Waals surface area (Å²) in [4.78, 5) is 31.3. The van der Waals surface area contributed by atoms with E-state index in [0.29, 0.717) is 38.6 Å². The van der Waals surface area contributed by atoms with Crippen LogP contribution in [0.3, 0.4) is 0 Å². The minimum absolute atomic E-state index is 0.0208. The van der Waals surface area contributed by atoms with Gasteiger partial charge in [0.15, 0.2) is 5.82 Å². The lowest BCUT2D eigenvalue weighted by molar-refractivity contribution is -0.143. The molecule has 172 valence electrons. The maximum atomic E-state index is 12.9. The second kappa shape index (κ2) is 11.1. The molecule has 1 atom stereocenters. The van der Waals surface area contributed by atoms with E-state index in [0.717, 1.165) is 23.5 Å². The Balaban J connectivity index is 1.56. The molecule has 1 fully saturated rings. The summed E-state index contributed by atoms with van der Waals surface area (Å²) in [5, 5.41) is 8.77. The number of rotatable bonds is 8. The molecule has 0 spiro atoms. The first-order valence-electron chi connectivity index (χ1n) is 11.6. The Morgan fingerprint density at radius 3 is 2.22 bits per heavy atom. The number of benzene rings is 1. The molecule has 0 radical (unpaired) electrons. The highest BCUT2D eigenvalue weighted by Gasteiger charge is 2.27. The molecule has 0 unspecified atom stereocenters. The van der Waals surface area contributed by atoms with E-state index in [9.17, 15) is 9.59 Å². The van der Waals surface area contributed by atoms with Gasteiger partial charge in [-0.05, 0) is 18.1 Å². The number of carbonyl (C=O) groups excluding carboxylic acids is 2. The molecule has 1 aromatic carbocycles. The van der Waals surface area contributed by atoms with E-state index in [2.05, 4.69) is 28.9 Å². The monoisotopic (exact) mass is 437 g/mol. The van der Waals surface area contributed by atoms with Gasteiger partial charge >= 0.3 is 0 Å². The largest absolute Gasteiger partial charge is 0.352 e. The smallest absolute Gasteiger partial charge is 0.242 e. The van der Waals surface area contributed by atoms with Gasteiger partial charge < -0.3 is 14.7 Å². The predicted octanol–water partition coefficient (Wildman–Crippen LogP) is 3.32. The van der Waals surface area contributed by atoms with Crippen LogP contribution in [0.15, 0.2) is 42.5 Å². The zero-order valence-corrected chi connectivity index (χ0v) is 19.7. The third-order valence-electron chi connectivity index (χ3n) is 6.04. The van der Waals surface area contributed by atoms with E-state index >= 15 is 0 Å². The van der Waals surface area contributed by atoms with Gasteiger partial charge in [0.1, 0.15) is 0 Å². The van der Waals surface area contributed by atoms with Crippen LogP contribution in [0.2, 0.25) is 0 Å². The lowest BCUT2D eigenvalue weighted by atomic mass is 10.1. The molecule has 2 heterocycles. The Labute approximate surface area is 191 Å². The van der Waals surface area contributed by atoms with Crippen molar-refractivity contribution in [2.45, 2.75) is 34.1 Å². The van der Waals surface area contributed by atoms with E-state index < -0.39 is 0 Å². The number of amides is 2. The van der Waals surface area contributed by atoms with Crippen LogP contribution in [0.25, 0.3) is 11.3 Å². The number of piperazine rings is 1. The van der Waals surface area contributed by atoms with Crippen LogP contribution in [0.1, 0.15) is 34.1 Å². The van der Waals surface area contributed by atoms with Gasteiger partial charge in [-0.15, -0.1) is 10.2 Å². The topological polar surface area (TPSA) is 69.6 Å². The molecular formula is C25H35N5O2. The molecule has 2 aromatic rings. The van der Waals surface area contributed by atoms with Crippen molar-refractivity contribution in [3.8, 4) is 11.3 Å². The summed E-state index contributed by atoms with van der Waals surface area (Å²) in [5.74, 6) is 1.16. The SMILES string of the molecule is CC[C@H](C)CN(CC(=O)N1CCN(c2ccc(-c3ccccc3)nn2)CC1)C(=O)C(C)C. The maximum absolute atomic E-state index is 12.9. The molecule has 7 heteroatoms. The zero-order valence-electron chi connectivity index (χ0n) is 19.7. The Morgan fingerprint density at radius 2 is 1.66 bits per heavy atom. The summed E-state index contributed by atoms with van der Waals surface area (Å²) in [6.45, 7) is 11.4. The van der Waals surface area contributed by atoms with Gasteiger partial charge in [0.2, 0.25) is 11.8 Å². The van der Waals surface area contributed by atoms with E-state index in [4.69, 9.17) is 0 Å². The molecule has 2 amide bonds. The minimum Gasteiger partial charge on any atom is -0.352 e. The number of anilines is 1. The number of hydrogen-bond donors (Lipinski definition) is 0. The van der Waals surface area contributed by atoms with Crippen LogP contribution in [0.5, 0.6) is 0 Å². The van der Waals surface area contributed by atoms with Crippen LogP contribution in [-0.4, -0.2) is 71.1 Å². The van der Waals surface area contributed by atoms with Crippen molar-refractivity contribution in [1.29, 1.82) is 0 Å². The third kappa shape index (κ3) is 6.05. The highest BCUT2D eigenvalue weighted by atomic mass is 16.2. The average Bonchev–Trinajstić information content (AvgIpc) is 2.83. The molecule has 1 aliphatic heterocycles. The normalized spacial score (nSPS) is 15.0. The van der Waals surface area contributed by atoms with Crippen LogP contribution in [0.4, 0.5) is 5.82 Å². The van der Waals surface area contributed by atoms with Gasteiger partial charge in [0, 0.05) is 44.2 Å². The number of hydrogen-bond acceptors (Lipinski definition) is 5. The number of aromatic nitrogens is 2.